The van der Waals surface area contributed by atoms with Crippen molar-refractivity contribution in [1.29, 1.82) is 0 Å². The van der Waals surface area contributed by atoms with Crippen LogP contribution in [0.25, 0.3) is 11.3 Å². The van der Waals surface area contributed by atoms with Gasteiger partial charge < -0.3 is 10.6 Å². The van der Waals surface area contributed by atoms with Gasteiger partial charge in [0, 0.05) is 11.6 Å². The molecule has 1 aliphatic heterocycles. The second-order valence-corrected chi connectivity index (χ2v) is 5.03. The Balaban J connectivity index is 0.00000161. The number of H-pyrrole nitrogens is 1. The number of carbonyl (C=O) groups is 1. The Bertz CT molecular complexity index is 578. The van der Waals surface area contributed by atoms with Crippen LogP contribution in [0.3, 0.4) is 0 Å². The Morgan fingerprint density at radius 2 is 1.90 bits per heavy atom. The second kappa shape index (κ2) is 7.24. The molecular weight excluding hydrogens is 288 g/mol. The molecule has 0 atom stereocenters. The summed E-state index contributed by atoms with van der Waals surface area (Å²) < 4.78 is 0. The smallest absolute Gasteiger partial charge is 0.269 e. The van der Waals surface area contributed by atoms with Crippen LogP contribution in [0, 0.1) is 0 Å². The number of halogens is 1. The van der Waals surface area contributed by atoms with Crippen molar-refractivity contribution in [3.63, 3.8) is 0 Å². The molecule has 0 bridgehead atoms. The fourth-order valence-electron chi connectivity index (χ4n) is 2.42. The lowest BCUT2D eigenvalue weighted by Crippen LogP contribution is -2.42. The summed E-state index contributed by atoms with van der Waals surface area (Å²) in [5.41, 5.74) is 2.31. The molecule has 5 nitrogen and oxygen atoms in total. The van der Waals surface area contributed by atoms with Crippen LogP contribution in [-0.4, -0.2) is 35.2 Å². The van der Waals surface area contributed by atoms with Crippen LogP contribution < -0.4 is 10.6 Å². The lowest BCUT2D eigenvalue weighted by atomic mass is 10.1. The van der Waals surface area contributed by atoms with Crippen LogP contribution in [0.1, 0.15) is 23.3 Å². The number of amides is 1. The summed E-state index contributed by atoms with van der Waals surface area (Å²) in [5.74, 6) is -0.0772. The maximum atomic E-state index is 12.2. The average molecular weight is 307 g/mol. The van der Waals surface area contributed by atoms with E-state index in [9.17, 15) is 4.79 Å². The number of rotatable bonds is 3. The summed E-state index contributed by atoms with van der Waals surface area (Å²) in [4.78, 5) is 12.2. The zero-order chi connectivity index (χ0) is 13.8. The summed E-state index contributed by atoms with van der Waals surface area (Å²) >= 11 is 0. The molecule has 21 heavy (non-hydrogen) atoms. The second-order valence-electron chi connectivity index (χ2n) is 5.03. The number of nitrogens with one attached hydrogen (secondary N) is 3. The monoisotopic (exact) mass is 306 g/mol. The maximum Gasteiger partial charge on any atom is 0.269 e. The highest BCUT2D eigenvalue weighted by molar-refractivity contribution is 5.93. The molecule has 1 saturated heterocycles. The van der Waals surface area contributed by atoms with E-state index in [2.05, 4.69) is 20.8 Å². The highest BCUT2D eigenvalue weighted by atomic mass is 35.5. The van der Waals surface area contributed by atoms with Gasteiger partial charge in [0.05, 0.1) is 5.69 Å². The fourth-order valence-corrected chi connectivity index (χ4v) is 2.42. The SMILES string of the molecule is Cl.O=C(NC1CCNCC1)c1cc(-c2ccccc2)n[nH]1. The Labute approximate surface area is 129 Å². The van der Waals surface area contributed by atoms with Crippen LogP contribution in [0.4, 0.5) is 0 Å². The molecule has 1 amide bonds. The van der Waals surface area contributed by atoms with Gasteiger partial charge in [0.2, 0.25) is 0 Å². The van der Waals surface area contributed by atoms with E-state index in [1.807, 2.05) is 30.3 Å². The van der Waals surface area contributed by atoms with E-state index >= 15 is 0 Å². The van der Waals surface area contributed by atoms with Crippen LogP contribution in [0.15, 0.2) is 36.4 Å². The number of benzene rings is 1. The first kappa shape index (κ1) is 15.5. The number of hydrogen-bond acceptors (Lipinski definition) is 3. The molecule has 0 radical (unpaired) electrons. The van der Waals surface area contributed by atoms with Gasteiger partial charge in [-0.3, -0.25) is 9.89 Å². The quantitative estimate of drug-likeness (QED) is 0.812. The summed E-state index contributed by atoms with van der Waals surface area (Å²) in [6.45, 7) is 1.92. The normalized spacial score (nSPS) is 15.2. The van der Waals surface area contributed by atoms with Crippen molar-refractivity contribution in [2.45, 2.75) is 18.9 Å². The van der Waals surface area contributed by atoms with E-state index in [0.717, 1.165) is 37.2 Å². The molecule has 1 aliphatic rings. The van der Waals surface area contributed by atoms with Crippen molar-refractivity contribution in [3.8, 4) is 11.3 Å². The topological polar surface area (TPSA) is 69.8 Å². The number of nitrogens with zero attached hydrogens (tertiary/aromatic N) is 1. The van der Waals surface area contributed by atoms with Crippen LogP contribution in [0.5, 0.6) is 0 Å². The highest BCUT2D eigenvalue weighted by Gasteiger charge is 2.17. The summed E-state index contributed by atoms with van der Waals surface area (Å²) in [7, 11) is 0. The fraction of sp³-hybridized carbons (Fsp3) is 0.333. The minimum atomic E-state index is -0.0772. The highest BCUT2D eigenvalue weighted by Crippen LogP contribution is 2.17. The molecule has 3 rings (SSSR count). The minimum Gasteiger partial charge on any atom is -0.348 e. The summed E-state index contributed by atoms with van der Waals surface area (Å²) in [5, 5.41) is 13.3. The first-order valence-electron chi connectivity index (χ1n) is 6.95. The molecule has 0 aliphatic carbocycles. The van der Waals surface area contributed by atoms with E-state index in [-0.39, 0.29) is 24.4 Å². The van der Waals surface area contributed by atoms with E-state index in [1.54, 1.807) is 6.07 Å². The van der Waals surface area contributed by atoms with E-state index in [1.165, 1.54) is 0 Å². The average Bonchev–Trinajstić information content (AvgIpc) is 2.99. The van der Waals surface area contributed by atoms with E-state index in [4.69, 9.17) is 0 Å². The lowest BCUT2D eigenvalue weighted by molar-refractivity contribution is 0.0924. The first-order valence-corrected chi connectivity index (χ1v) is 6.95. The number of hydrogen-bond donors (Lipinski definition) is 3. The van der Waals surface area contributed by atoms with Gasteiger partial charge in [0.25, 0.3) is 5.91 Å². The van der Waals surface area contributed by atoms with Gasteiger partial charge in [-0.25, -0.2) is 0 Å². The number of aromatic amines is 1. The Hall–Kier alpha value is -1.85. The third-order valence-electron chi connectivity index (χ3n) is 3.57. The Morgan fingerprint density at radius 3 is 2.62 bits per heavy atom. The standard InChI is InChI=1S/C15H18N4O.ClH/c20-15(17-12-6-8-16-9-7-12)14-10-13(18-19-14)11-4-2-1-3-5-11;/h1-5,10,12,16H,6-9H2,(H,17,20)(H,18,19);1H. The van der Waals surface area contributed by atoms with E-state index < -0.39 is 0 Å². The summed E-state index contributed by atoms with van der Waals surface area (Å²) in [6, 6.07) is 11.9. The largest absolute Gasteiger partial charge is 0.348 e. The number of piperidine rings is 1. The van der Waals surface area contributed by atoms with Gasteiger partial charge in [-0.2, -0.15) is 5.10 Å². The van der Waals surface area contributed by atoms with Crippen molar-refractivity contribution in [1.82, 2.24) is 20.8 Å². The van der Waals surface area contributed by atoms with Crippen molar-refractivity contribution < 1.29 is 4.79 Å². The number of carbonyl (C=O) groups excluding carboxylic acids is 1. The zero-order valence-corrected chi connectivity index (χ0v) is 12.5. The predicted molar refractivity (Wildman–Crippen MR) is 84.6 cm³/mol. The molecule has 0 saturated carbocycles. The molecule has 1 aromatic heterocycles. The maximum absolute atomic E-state index is 12.2. The van der Waals surface area contributed by atoms with Gasteiger partial charge in [0.1, 0.15) is 5.69 Å². The van der Waals surface area contributed by atoms with Crippen LogP contribution in [-0.2, 0) is 0 Å². The molecule has 0 unspecified atom stereocenters. The molecular formula is C15H19ClN4O. The van der Waals surface area contributed by atoms with Gasteiger partial charge in [-0.1, -0.05) is 30.3 Å². The Morgan fingerprint density at radius 1 is 1.19 bits per heavy atom. The van der Waals surface area contributed by atoms with Crippen molar-refractivity contribution >= 4 is 18.3 Å². The van der Waals surface area contributed by atoms with Gasteiger partial charge in [-0.15, -0.1) is 12.4 Å². The molecule has 6 heteroatoms. The van der Waals surface area contributed by atoms with Gasteiger partial charge >= 0.3 is 0 Å². The van der Waals surface area contributed by atoms with Crippen LogP contribution >= 0.6 is 12.4 Å². The molecule has 3 N–H and O–H groups in total. The molecule has 1 aromatic carbocycles. The third-order valence-corrected chi connectivity index (χ3v) is 3.57. The minimum absolute atomic E-state index is 0. The van der Waals surface area contributed by atoms with Crippen LogP contribution in [0.2, 0.25) is 0 Å². The van der Waals surface area contributed by atoms with Crippen molar-refractivity contribution in [2.24, 2.45) is 0 Å². The molecule has 2 heterocycles. The van der Waals surface area contributed by atoms with Gasteiger partial charge in [0.15, 0.2) is 0 Å². The molecule has 0 spiro atoms. The van der Waals surface area contributed by atoms with E-state index in [0.29, 0.717) is 5.69 Å². The van der Waals surface area contributed by atoms with Crippen molar-refractivity contribution in [3.05, 3.63) is 42.1 Å². The zero-order valence-electron chi connectivity index (χ0n) is 11.6. The predicted octanol–water partition coefficient (Wildman–Crippen LogP) is 1.98. The Kier molecular flexibility index (Phi) is 5.36. The van der Waals surface area contributed by atoms with Gasteiger partial charge in [-0.05, 0) is 32.0 Å². The summed E-state index contributed by atoms with van der Waals surface area (Å²) in [6.07, 6.45) is 1.96. The molecule has 2 aromatic rings. The number of aromatic nitrogens is 2. The first-order chi connectivity index (χ1) is 9.83. The third kappa shape index (κ3) is 3.83. The molecule has 1 fully saturated rings. The van der Waals surface area contributed by atoms with Crippen molar-refractivity contribution in [2.75, 3.05) is 13.1 Å². The molecule has 112 valence electrons. The lowest BCUT2D eigenvalue weighted by Gasteiger charge is -2.23.